The van der Waals surface area contributed by atoms with Crippen molar-refractivity contribution in [2.45, 2.75) is 32.7 Å². The predicted molar refractivity (Wildman–Crippen MR) is 130 cm³/mol. The van der Waals surface area contributed by atoms with Crippen LogP contribution in [0.25, 0.3) is 10.8 Å². The van der Waals surface area contributed by atoms with E-state index in [0.717, 1.165) is 65.8 Å². The number of hydrogen-bond donors (Lipinski definition) is 1. The standard InChI is InChI=1S/C27H29N5O/c1-3-31(4-2)15-8-16-32-18-30-27-24(26(32)28)23(20-10-7-14-29-17-20)22-13-12-19-9-5-6-11-21(19)25(22)33-27/h5-7,9-14,17-18,23,28H,3-4,8,15-16H2,1-2H3. The van der Waals surface area contributed by atoms with Crippen molar-refractivity contribution in [2.75, 3.05) is 19.6 Å². The molecule has 168 valence electrons. The summed E-state index contributed by atoms with van der Waals surface area (Å²) in [4.78, 5) is 11.5. The highest BCUT2D eigenvalue weighted by Gasteiger charge is 2.33. The fourth-order valence-corrected chi connectivity index (χ4v) is 4.77. The first kappa shape index (κ1) is 21.3. The smallest absolute Gasteiger partial charge is 0.228 e. The number of fused-ring (bicyclic) bond motifs is 4. The molecule has 0 radical (unpaired) electrons. The van der Waals surface area contributed by atoms with Gasteiger partial charge in [0.05, 0.1) is 5.56 Å². The molecule has 1 N–H and O–H groups in total. The van der Waals surface area contributed by atoms with Gasteiger partial charge in [-0.3, -0.25) is 10.4 Å². The van der Waals surface area contributed by atoms with E-state index in [1.165, 1.54) is 0 Å². The Labute approximate surface area is 194 Å². The maximum absolute atomic E-state index is 9.09. The van der Waals surface area contributed by atoms with E-state index in [9.17, 15) is 0 Å². The van der Waals surface area contributed by atoms with Gasteiger partial charge in [0.25, 0.3) is 0 Å². The van der Waals surface area contributed by atoms with Crippen molar-refractivity contribution in [2.24, 2.45) is 0 Å². The van der Waals surface area contributed by atoms with Gasteiger partial charge in [0.1, 0.15) is 17.6 Å². The van der Waals surface area contributed by atoms with E-state index in [1.807, 2.05) is 29.0 Å². The highest BCUT2D eigenvalue weighted by Crippen LogP contribution is 2.47. The van der Waals surface area contributed by atoms with Gasteiger partial charge in [0, 0.05) is 35.8 Å². The van der Waals surface area contributed by atoms with Crippen molar-refractivity contribution in [1.82, 2.24) is 19.4 Å². The average Bonchev–Trinajstić information content (AvgIpc) is 2.87. The van der Waals surface area contributed by atoms with Crippen molar-refractivity contribution >= 4 is 10.8 Å². The van der Waals surface area contributed by atoms with Crippen LogP contribution >= 0.6 is 0 Å². The lowest BCUT2D eigenvalue weighted by Crippen LogP contribution is -2.31. The molecule has 6 nitrogen and oxygen atoms in total. The number of nitrogens with zero attached hydrogens (tertiary/aromatic N) is 4. The number of hydrogen-bond acceptors (Lipinski definition) is 5. The van der Waals surface area contributed by atoms with Crippen LogP contribution in [0, 0.1) is 5.41 Å². The van der Waals surface area contributed by atoms with Crippen LogP contribution in [-0.2, 0) is 6.54 Å². The lowest BCUT2D eigenvalue weighted by atomic mass is 9.83. The summed E-state index contributed by atoms with van der Waals surface area (Å²) in [5.74, 6) is 1.18. The van der Waals surface area contributed by atoms with E-state index in [1.54, 1.807) is 12.5 Å². The molecule has 4 aromatic rings. The van der Waals surface area contributed by atoms with Gasteiger partial charge in [-0.05, 0) is 43.1 Å². The van der Waals surface area contributed by atoms with Gasteiger partial charge in [0.2, 0.25) is 5.88 Å². The Morgan fingerprint density at radius 3 is 2.70 bits per heavy atom. The third kappa shape index (κ3) is 3.91. The summed E-state index contributed by atoms with van der Waals surface area (Å²) in [6, 6.07) is 16.5. The average molecular weight is 440 g/mol. The molecule has 6 heteroatoms. The van der Waals surface area contributed by atoms with Gasteiger partial charge in [-0.1, -0.05) is 56.3 Å². The maximum Gasteiger partial charge on any atom is 0.228 e. The molecule has 1 aliphatic heterocycles. The van der Waals surface area contributed by atoms with E-state index in [0.29, 0.717) is 11.4 Å². The molecular formula is C27H29N5O. The fourth-order valence-electron chi connectivity index (χ4n) is 4.77. The highest BCUT2D eigenvalue weighted by atomic mass is 16.5. The predicted octanol–water partition coefficient (Wildman–Crippen LogP) is 4.93. The Balaban J connectivity index is 1.61. The number of ether oxygens (including phenoxy) is 1. The molecule has 0 saturated carbocycles. The SMILES string of the molecule is CCN(CC)CCCn1cnc2c(c1=N)C(c1cccnc1)c1ccc3ccccc3c1O2. The summed E-state index contributed by atoms with van der Waals surface area (Å²) < 4.78 is 8.33. The topological polar surface area (TPSA) is 67.0 Å². The van der Waals surface area contributed by atoms with Gasteiger partial charge >= 0.3 is 0 Å². The summed E-state index contributed by atoms with van der Waals surface area (Å²) in [6.45, 7) is 8.21. The summed E-state index contributed by atoms with van der Waals surface area (Å²) in [5.41, 5.74) is 3.34. The quantitative estimate of drug-likeness (QED) is 0.391. The number of pyridine rings is 1. The molecule has 0 aliphatic carbocycles. The van der Waals surface area contributed by atoms with Crippen LogP contribution in [-0.4, -0.2) is 39.1 Å². The third-order valence-corrected chi connectivity index (χ3v) is 6.58. The number of aromatic nitrogens is 3. The second-order valence-electron chi connectivity index (χ2n) is 8.41. The van der Waals surface area contributed by atoms with Crippen LogP contribution in [0.3, 0.4) is 0 Å². The summed E-state index contributed by atoms with van der Waals surface area (Å²) in [5, 5.41) is 11.3. The zero-order chi connectivity index (χ0) is 22.8. The molecule has 0 amide bonds. The molecule has 0 saturated heterocycles. The lowest BCUT2D eigenvalue weighted by Gasteiger charge is -2.29. The Hall–Kier alpha value is -3.51. The zero-order valence-corrected chi connectivity index (χ0v) is 19.2. The number of aryl methyl sites for hydroxylation is 1. The van der Waals surface area contributed by atoms with Gasteiger partial charge < -0.3 is 14.2 Å². The molecule has 2 aromatic heterocycles. The molecule has 0 bridgehead atoms. The van der Waals surface area contributed by atoms with Crippen LogP contribution in [0.15, 0.2) is 67.3 Å². The molecule has 0 spiro atoms. The molecule has 2 aromatic carbocycles. The molecule has 1 unspecified atom stereocenters. The minimum atomic E-state index is -0.155. The van der Waals surface area contributed by atoms with Crippen molar-refractivity contribution in [3.8, 4) is 11.6 Å². The molecule has 5 rings (SSSR count). The first-order valence-electron chi connectivity index (χ1n) is 11.7. The second kappa shape index (κ2) is 9.16. The van der Waals surface area contributed by atoms with Crippen LogP contribution in [0.4, 0.5) is 0 Å². The minimum absolute atomic E-state index is 0.155. The van der Waals surface area contributed by atoms with Gasteiger partial charge in [0.15, 0.2) is 0 Å². The monoisotopic (exact) mass is 439 g/mol. The highest BCUT2D eigenvalue weighted by molar-refractivity contribution is 5.91. The summed E-state index contributed by atoms with van der Waals surface area (Å²) >= 11 is 0. The van der Waals surface area contributed by atoms with E-state index in [2.05, 4.69) is 59.0 Å². The largest absolute Gasteiger partial charge is 0.438 e. The van der Waals surface area contributed by atoms with Crippen LogP contribution in [0.5, 0.6) is 11.6 Å². The molecule has 3 heterocycles. The van der Waals surface area contributed by atoms with E-state index < -0.39 is 0 Å². The Morgan fingerprint density at radius 1 is 1.06 bits per heavy atom. The summed E-state index contributed by atoms with van der Waals surface area (Å²) in [7, 11) is 0. The van der Waals surface area contributed by atoms with Crippen molar-refractivity contribution < 1.29 is 4.74 Å². The zero-order valence-electron chi connectivity index (χ0n) is 19.2. The normalized spacial score (nSPS) is 14.7. The molecular weight excluding hydrogens is 410 g/mol. The maximum atomic E-state index is 9.09. The third-order valence-electron chi connectivity index (χ3n) is 6.58. The lowest BCUT2D eigenvalue weighted by molar-refractivity contribution is 0.291. The number of rotatable bonds is 7. The molecule has 1 atom stereocenters. The molecule has 33 heavy (non-hydrogen) atoms. The summed E-state index contributed by atoms with van der Waals surface area (Å²) in [6.07, 6.45) is 6.39. The van der Waals surface area contributed by atoms with Crippen LogP contribution in [0.1, 0.15) is 42.9 Å². The Morgan fingerprint density at radius 2 is 1.91 bits per heavy atom. The van der Waals surface area contributed by atoms with Gasteiger partial charge in [-0.2, -0.15) is 0 Å². The Kier molecular flexibility index (Phi) is 5.92. The first-order valence-corrected chi connectivity index (χ1v) is 11.7. The van der Waals surface area contributed by atoms with Gasteiger partial charge in [-0.15, -0.1) is 0 Å². The molecule has 1 aliphatic rings. The van der Waals surface area contributed by atoms with E-state index >= 15 is 0 Å². The van der Waals surface area contributed by atoms with Crippen molar-refractivity contribution in [3.63, 3.8) is 0 Å². The van der Waals surface area contributed by atoms with Crippen LogP contribution in [0.2, 0.25) is 0 Å². The van der Waals surface area contributed by atoms with E-state index in [-0.39, 0.29) is 5.92 Å². The van der Waals surface area contributed by atoms with Crippen molar-refractivity contribution in [1.29, 1.82) is 5.41 Å². The second-order valence-corrected chi connectivity index (χ2v) is 8.41. The number of benzene rings is 2. The fraction of sp³-hybridized carbons (Fsp3) is 0.296. The number of nitrogens with one attached hydrogen (secondary N) is 1. The van der Waals surface area contributed by atoms with Crippen LogP contribution < -0.4 is 10.2 Å². The molecule has 0 fully saturated rings. The van der Waals surface area contributed by atoms with E-state index in [4.69, 9.17) is 10.1 Å². The van der Waals surface area contributed by atoms with Gasteiger partial charge in [-0.25, -0.2) is 4.98 Å². The van der Waals surface area contributed by atoms with Crippen molar-refractivity contribution in [3.05, 3.63) is 89.4 Å². The first-order chi connectivity index (χ1) is 16.2. The minimum Gasteiger partial charge on any atom is -0.438 e. The Bertz CT molecular complexity index is 1330.